The minimum absolute atomic E-state index is 0.222. The van der Waals surface area contributed by atoms with Crippen LogP contribution in [0, 0.1) is 0 Å². The van der Waals surface area contributed by atoms with Crippen molar-refractivity contribution in [2.75, 3.05) is 11.9 Å². The zero-order valence-electron chi connectivity index (χ0n) is 16.5. The Labute approximate surface area is 196 Å². The molecule has 33 heavy (non-hydrogen) atoms. The molecule has 0 saturated heterocycles. The van der Waals surface area contributed by atoms with Gasteiger partial charge in [-0.1, -0.05) is 0 Å². The molecule has 0 saturated carbocycles. The third-order valence-corrected chi connectivity index (χ3v) is 9.02. The van der Waals surface area contributed by atoms with Crippen molar-refractivity contribution in [2.24, 2.45) is 10.2 Å². The van der Waals surface area contributed by atoms with Crippen molar-refractivity contribution in [1.29, 1.82) is 0 Å². The van der Waals surface area contributed by atoms with Crippen molar-refractivity contribution in [3.05, 3.63) is 68.3 Å². The van der Waals surface area contributed by atoms with Crippen LogP contribution < -0.4 is 10.9 Å². The number of nitrogens with one attached hydrogen (secondary N) is 1. The molecule has 0 atom stereocenters. The SMILES string of the molecule is O=c1c(-c2ccc(Cl)cc2)c2nc(NCC(F)(F)F)ncc2cn1C1=CI2C=NN=C2C=C1. The van der Waals surface area contributed by atoms with E-state index >= 15 is 0 Å². The molecular formula is C21H13ClF3IN6O. The summed E-state index contributed by atoms with van der Waals surface area (Å²) >= 11 is 4.17. The van der Waals surface area contributed by atoms with E-state index in [9.17, 15) is 18.0 Å². The molecule has 0 radical (unpaired) electrons. The second-order valence-corrected chi connectivity index (χ2v) is 11.7. The fourth-order valence-electron chi connectivity index (χ4n) is 3.29. The number of alkyl halides is 3. The van der Waals surface area contributed by atoms with E-state index in [4.69, 9.17) is 11.6 Å². The number of aromatic nitrogens is 3. The molecule has 2 aliphatic rings. The molecule has 1 aromatic carbocycles. The Morgan fingerprint density at radius 1 is 1.15 bits per heavy atom. The number of pyridine rings is 1. The zero-order valence-corrected chi connectivity index (χ0v) is 19.4. The van der Waals surface area contributed by atoms with Gasteiger partial charge >= 0.3 is 197 Å². The summed E-state index contributed by atoms with van der Waals surface area (Å²) in [4.78, 5) is 21.9. The van der Waals surface area contributed by atoms with E-state index in [1.807, 2.05) is 14.4 Å². The second kappa shape index (κ2) is 8.37. The molecule has 0 unspecified atom stereocenters. The summed E-state index contributed by atoms with van der Waals surface area (Å²) in [5, 5.41) is 11.2. The molecule has 0 bridgehead atoms. The maximum atomic E-state index is 13.6. The van der Waals surface area contributed by atoms with Crippen LogP contribution in [0.2, 0.25) is 5.02 Å². The molecule has 0 spiro atoms. The van der Waals surface area contributed by atoms with Gasteiger partial charge in [0.1, 0.15) is 0 Å². The number of rotatable bonds is 4. The Bertz CT molecular complexity index is 1440. The predicted molar refractivity (Wildman–Crippen MR) is 132 cm³/mol. The fraction of sp³-hybridized carbons (Fsp3) is 0.0952. The van der Waals surface area contributed by atoms with Gasteiger partial charge in [0.15, 0.2) is 0 Å². The van der Waals surface area contributed by atoms with Gasteiger partial charge in [0.2, 0.25) is 0 Å². The van der Waals surface area contributed by atoms with E-state index in [1.54, 1.807) is 36.5 Å². The first-order valence-electron chi connectivity index (χ1n) is 9.46. The van der Waals surface area contributed by atoms with Gasteiger partial charge < -0.3 is 0 Å². The molecule has 1 N–H and O–H groups in total. The van der Waals surface area contributed by atoms with Crippen LogP contribution in [0.1, 0.15) is 0 Å². The van der Waals surface area contributed by atoms with Gasteiger partial charge in [-0.25, -0.2) is 0 Å². The minimum atomic E-state index is -4.43. The van der Waals surface area contributed by atoms with Crippen LogP contribution >= 0.6 is 31.4 Å². The Morgan fingerprint density at radius 3 is 2.70 bits per heavy atom. The average molecular weight is 585 g/mol. The van der Waals surface area contributed by atoms with E-state index in [2.05, 4.69) is 25.5 Å². The Hall–Kier alpha value is -3.06. The third kappa shape index (κ3) is 4.42. The molecule has 168 valence electrons. The molecule has 5 rings (SSSR count). The fourth-order valence-corrected chi connectivity index (χ4v) is 6.74. The molecular weight excluding hydrogens is 572 g/mol. The quantitative estimate of drug-likeness (QED) is 0.421. The van der Waals surface area contributed by atoms with Crippen LogP contribution in [-0.4, -0.2) is 35.2 Å². The van der Waals surface area contributed by atoms with Crippen molar-refractivity contribution in [1.82, 2.24) is 14.5 Å². The summed E-state index contributed by atoms with van der Waals surface area (Å²) in [5.74, 6) is -0.222. The number of hydrogen-bond acceptors (Lipinski definition) is 6. The van der Waals surface area contributed by atoms with Gasteiger partial charge in [-0.3, -0.25) is 0 Å². The molecule has 0 aliphatic carbocycles. The average Bonchev–Trinajstić information content (AvgIpc) is 3.25. The first kappa shape index (κ1) is 21.8. The maximum absolute atomic E-state index is 13.6. The summed E-state index contributed by atoms with van der Waals surface area (Å²) in [6, 6.07) is 6.61. The molecule has 0 amide bonds. The molecule has 7 nitrogen and oxygen atoms in total. The summed E-state index contributed by atoms with van der Waals surface area (Å²) in [6.45, 7) is -1.29. The van der Waals surface area contributed by atoms with Crippen LogP contribution in [0.5, 0.6) is 0 Å². The van der Waals surface area contributed by atoms with Gasteiger partial charge in [0.25, 0.3) is 0 Å². The Balaban J connectivity index is 1.69. The van der Waals surface area contributed by atoms with Crippen LogP contribution in [0.15, 0.2) is 67.9 Å². The molecule has 2 aromatic heterocycles. The number of anilines is 1. The first-order chi connectivity index (χ1) is 15.8. The summed E-state index contributed by atoms with van der Waals surface area (Å²) in [7, 11) is 0. The van der Waals surface area contributed by atoms with Gasteiger partial charge in [-0.15, -0.1) is 0 Å². The van der Waals surface area contributed by atoms with E-state index in [0.717, 1.165) is 3.72 Å². The topological polar surface area (TPSA) is 84.5 Å². The summed E-state index contributed by atoms with van der Waals surface area (Å²) in [6.07, 6.45) is 2.20. The number of fused-ring (bicyclic) bond motifs is 2. The van der Waals surface area contributed by atoms with Crippen LogP contribution in [0.3, 0.4) is 0 Å². The van der Waals surface area contributed by atoms with Crippen molar-refractivity contribution in [3.63, 3.8) is 0 Å². The van der Waals surface area contributed by atoms with E-state index in [-0.39, 0.29) is 22.6 Å². The van der Waals surface area contributed by atoms with E-state index in [1.165, 1.54) is 10.8 Å². The second-order valence-electron chi connectivity index (χ2n) is 7.00. The number of allylic oxidation sites excluding steroid dienone is 3. The van der Waals surface area contributed by atoms with Gasteiger partial charge in [-0.2, -0.15) is 0 Å². The Kier molecular flexibility index (Phi) is 5.52. The standard InChI is InChI=1S/C21H13ClF3IN6O/c22-14-3-1-12(2-4-14)17-18-13(8-27-20(30-18)28-10-21(23,24)25)9-32(19(17)33)15-5-6-16-26(7-15)11-29-31-16/h1-9,11H,10H2,(H,28,30). The van der Waals surface area contributed by atoms with Gasteiger partial charge in [-0.05, 0) is 0 Å². The van der Waals surface area contributed by atoms with Gasteiger partial charge in [0, 0.05) is 0 Å². The first-order valence-corrected chi connectivity index (χ1v) is 13.4. The monoisotopic (exact) mass is 584 g/mol. The number of halogens is 5. The van der Waals surface area contributed by atoms with Gasteiger partial charge in [0.05, 0.1) is 0 Å². The molecule has 3 aromatic rings. The van der Waals surface area contributed by atoms with Crippen molar-refractivity contribution < 1.29 is 13.2 Å². The summed E-state index contributed by atoms with van der Waals surface area (Å²) in [5.41, 5.74) is 1.32. The number of benzene rings is 1. The van der Waals surface area contributed by atoms with Crippen LogP contribution in [0.25, 0.3) is 27.7 Å². The van der Waals surface area contributed by atoms with Crippen LogP contribution in [0.4, 0.5) is 19.1 Å². The number of nitrogens with zero attached hydrogens (tertiary/aromatic N) is 5. The summed E-state index contributed by atoms with van der Waals surface area (Å²) < 4.78 is 44.2. The molecule has 0 fully saturated rings. The molecule has 12 heteroatoms. The molecule has 4 heterocycles. The normalized spacial score (nSPS) is 16.1. The van der Waals surface area contributed by atoms with Crippen LogP contribution in [-0.2, 0) is 0 Å². The van der Waals surface area contributed by atoms with Crippen molar-refractivity contribution in [2.45, 2.75) is 6.18 Å². The predicted octanol–water partition coefficient (Wildman–Crippen LogP) is 5.32. The zero-order chi connectivity index (χ0) is 23.2. The Morgan fingerprint density at radius 2 is 1.94 bits per heavy atom. The van der Waals surface area contributed by atoms with E-state index in [0.29, 0.717) is 21.7 Å². The third-order valence-electron chi connectivity index (χ3n) is 4.76. The van der Waals surface area contributed by atoms with Crippen molar-refractivity contribution >= 4 is 61.9 Å². The molecule has 2 aliphatic heterocycles. The number of hydrogen-bond donors (Lipinski definition) is 1. The van der Waals surface area contributed by atoms with E-state index < -0.39 is 32.5 Å². The van der Waals surface area contributed by atoms with Crippen molar-refractivity contribution in [3.8, 4) is 11.1 Å².